The number of piperidine rings is 1. The van der Waals surface area contributed by atoms with E-state index < -0.39 is 6.09 Å². The van der Waals surface area contributed by atoms with Crippen molar-refractivity contribution in [2.45, 2.75) is 18.9 Å². The van der Waals surface area contributed by atoms with E-state index in [9.17, 15) is 9.59 Å². The molecular weight excluding hydrogens is 246 g/mol. The fourth-order valence-electron chi connectivity index (χ4n) is 2.20. The predicted molar refractivity (Wildman–Crippen MR) is 66.2 cm³/mol. The molecule has 1 heterocycles. The monoisotopic (exact) mass is 265 g/mol. The van der Waals surface area contributed by atoms with Gasteiger partial charge in [0.2, 0.25) is 0 Å². The van der Waals surface area contributed by atoms with Crippen molar-refractivity contribution in [3.63, 3.8) is 0 Å². The maximum atomic E-state index is 11.0. The lowest BCUT2D eigenvalue weighted by molar-refractivity contribution is -0.114. The zero-order valence-corrected chi connectivity index (χ0v) is 10.7. The molecule has 1 fully saturated rings. The second-order valence-electron chi connectivity index (χ2n) is 4.12. The van der Waals surface area contributed by atoms with Gasteiger partial charge in [-0.25, -0.2) is 4.79 Å². The van der Waals surface area contributed by atoms with Crippen molar-refractivity contribution in [1.29, 1.82) is 0 Å². The Balaban J connectivity index is 0.00000256. The number of aldehydes is 1. The molecular formula is C10H20ClN3O3. The molecule has 0 radical (unpaired) electrons. The summed E-state index contributed by atoms with van der Waals surface area (Å²) in [5.74, 6) is 0. The van der Waals surface area contributed by atoms with Crippen LogP contribution in [0.4, 0.5) is 4.79 Å². The van der Waals surface area contributed by atoms with Crippen molar-refractivity contribution in [2.24, 2.45) is 11.1 Å². The van der Waals surface area contributed by atoms with Crippen molar-refractivity contribution in [3.8, 4) is 0 Å². The van der Waals surface area contributed by atoms with Crippen LogP contribution < -0.4 is 16.4 Å². The van der Waals surface area contributed by atoms with Crippen LogP contribution in [0.1, 0.15) is 12.8 Å². The quantitative estimate of drug-likeness (QED) is 0.592. The molecule has 0 aliphatic carbocycles. The molecule has 0 bridgehead atoms. The Hall–Kier alpha value is -0.850. The van der Waals surface area contributed by atoms with E-state index >= 15 is 0 Å². The van der Waals surface area contributed by atoms with Crippen molar-refractivity contribution >= 4 is 24.8 Å². The van der Waals surface area contributed by atoms with E-state index in [0.29, 0.717) is 0 Å². The van der Waals surface area contributed by atoms with Gasteiger partial charge in [0.1, 0.15) is 12.9 Å². The van der Waals surface area contributed by atoms with E-state index in [4.69, 9.17) is 10.5 Å². The maximum absolute atomic E-state index is 11.0. The van der Waals surface area contributed by atoms with Gasteiger partial charge in [0, 0.05) is 5.41 Å². The fourth-order valence-corrected chi connectivity index (χ4v) is 2.20. The van der Waals surface area contributed by atoms with Gasteiger partial charge in [-0.05, 0) is 33.0 Å². The highest BCUT2D eigenvalue weighted by Crippen LogP contribution is 2.32. The first kappa shape index (κ1) is 16.1. The molecule has 1 unspecified atom stereocenters. The van der Waals surface area contributed by atoms with Crippen LogP contribution in [0.5, 0.6) is 0 Å². The molecule has 0 aromatic carbocycles. The Bertz CT molecular complexity index is 257. The fraction of sp³-hybridized carbons (Fsp3) is 0.800. The van der Waals surface area contributed by atoms with Crippen LogP contribution in [0, 0.1) is 5.41 Å². The molecule has 1 aliphatic heterocycles. The molecule has 1 amide bonds. The van der Waals surface area contributed by atoms with Crippen LogP contribution in [0.2, 0.25) is 0 Å². The molecule has 0 saturated carbocycles. The summed E-state index contributed by atoms with van der Waals surface area (Å²) in [7, 11) is 1.73. The number of amides is 1. The van der Waals surface area contributed by atoms with Crippen LogP contribution in [-0.2, 0) is 9.53 Å². The average molecular weight is 266 g/mol. The van der Waals surface area contributed by atoms with Gasteiger partial charge in [0.05, 0.1) is 6.04 Å². The first-order valence-electron chi connectivity index (χ1n) is 5.40. The third kappa shape index (κ3) is 4.14. The normalized spacial score (nSPS) is 19.8. The molecule has 1 atom stereocenters. The van der Waals surface area contributed by atoms with Crippen molar-refractivity contribution in [1.82, 2.24) is 10.6 Å². The highest BCUT2D eigenvalue weighted by atomic mass is 35.5. The summed E-state index contributed by atoms with van der Waals surface area (Å²) in [4.78, 5) is 21.7. The SMILES string of the molecule is CNC(C=O)C1(COC(N)=O)CCNCC1.Cl. The van der Waals surface area contributed by atoms with Gasteiger partial charge in [-0.2, -0.15) is 0 Å². The number of likely N-dealkylation sites (N-methyl/N-ethyl adjacent to an activating group) is 1. The predicted octanol–water partition coefficient (Wildman–Crippen LogP) is -0.340. The number of ether oxygens (including phenoxy) is 1. The molecule has 0 spiro atoms. The molecule has 1 aliphatic rings. The summed E-state index contributed by atoms with van der Waals surface area (Å²) in [6, 6.07) is -0.311. The molecule has 0 aromatic heterocycles. The van der Waals surface area contributed by atoms with Crippen LogP contribution in [0.25, 0.3) is 0 Å². The Morgan fingerprint density at radius 2 is 2.18 bits per heavy atom. The molecule has 1 saturated heterocycles. The van der Waals surface area contributed by atoms with E-state index in [0.717, 1.165) is 32.2 Å². The Labute approximate surface area is 107 Å². The van der Waals surface area contributed by atoms with Crippen LogP contribution in [0.3, 0.4) is 0 Å². The van der Waals surface area contributed by atoms with Crippen LogP contribution in [0.15, 0.2) is 0 Å². The van der Waals surface area contributed by atoms with E-state index in [1.807, 2.05) is 0 Å². The van der Waals surface area contributed by atoms with Gasteiger partial charge < -0.3 is 25.9 Å². The zero-order chi connectivity index (χ0) is 12.0. The van der Waals surface area contributed by atoms with Crippen molar-refractivity contribution < 1.29 is 14.3 Å². The van der Waals surface area contributed by atoms with Crippen molar-refractivity contribution in [3.05, 3.63) is 0 Å². The summed E-state index contributed by atoms with van der Waals surface area (Å²) in [6.07, 6.45) is 1.64. The molecule has 4 N–H and O–H groups in total. The standard InChI is InChI=1S/C10H19N3O3.ClH/c1-12-8(6-14)10(7-16-9(11)15)2-4-13-5-3-10;/h6,8,12-13H,2-5,7H2,1H3,(H2,11,15);1H. The number of rotatable bonds is 5. The highest BCUT2D eigenvalue weighted by Gasteiger charge is 2.40. The number of halogens is 1. The van der Waals surface area contributed by atoms with E-state index in [1.54, 1.807) is 7.05 Å². The van der Waals surface area contributed by atoms with Gasteiger partial charge in [-0.3, -0.25) is 0 Å². The third-order valence-corrected chi connectivity index (χ3v) is 3.21. The number of primary amides is 1. The molecule has 6 nitrogen and oxygen atoms in total. The zero-order valence-electron chi connectivity index (χ0n) is 9.90. The lowest BCUT2D eigenvalue weighted by atomic mass is 9.74. The molecule has 17 heavy (non-hydrogen) atoms. The van der Waals surface area contributed by atoms with Gasteiger partial charge in [0.15, 0.2) is 0 Å². The molecule has 1 rings (SSSR count). The van der Waals surface area contributed by atoms with Gasteiger partial charge in [0.25, 0.3) is 0 Å². The molecule has 7 heteroatoms. The minimum absolute atomic E-state index is 0. The Morgan fingerprint density at radius 3 is 2.59 bits per heavy atom. The second kappa shape index (κ2) is 7.47. The summed E-state index contributed by atoms with van der Waals surface area (Å²) in [5.41, 5.74) is 4.63. The lowest BCUT2D eigenvalue weighted by Crippen LogP contribution is -2.53. The molecule has 0 aromatic rings. The minimum atomic E-state index is -0.793. The van der Waals surface area contributed by atoms with Crippen molar-refractivity contribution in [2.75, 3.05) is 26.7 Å². The van der Waals surface area contributed by atoms with Crippen LogP contribution in [-0.4, -0.2) is 45.2 Å². The van der Waals surface area contributed by atoms with Crippen LogP contribution >= 0.6 is 12.4 Å². The maximum Gasteiger partial charge on any atom is 0.404 e. The van der Waals surface area contributed by atoms with E-state index in [-0.39, 0.29) is 30.5 Å². The highest BCUT2D eigenvalue weighted by molar-refractivity contribution is 5.85. The molecule has 100 valence electrons. The number of hydrogen-bond donors (Lipinski definition) is 3. The first-order chi connectivity index (χ1) is 7.64. The smallest absolute Gasteiger partial charge is 0.404 e. The Morgan fingerprint density at radius 1 is 1.59 bits per heavy atom. The Kier molecular flexibility index (Phi) is 7.10. The summed E-state index contributed by atoms with van der Waals surface area (Å²) >= 11 is 0. The van der Waals surface area contributed by atoms with Gasteiger partial charge in [-0.1, -0.05) is 0 Å². The summed E-state index contributed by atoms with van der Waals surface area (Å²) in [5, 5.41) is 6.17. The lowest BCUT2D eigenvalue weighted by Gasteiger charge is -2.40. The van der Waals surface area contributed by atoms with Gasteiger partial charge >= 0.3 is 6.09 Å². The summed E-state index contributed by atoms with van der Waals surface area (Å²) in [6.45, 7) is 1.82. The first-order valence-corrected chi connectivity index (χ1v) is 5.40. The average Bonchev–Trinajstić information content (AvgIpc) is 2.29. The summed E-state index contributed by atoms with van der Waals surface area (Å²) < 4.78 is 4.88. The number of nitrogens with two attached hydrogens (primary N) is 1. The number of carbonyl (C=O) groups is 2. The number of nitrogens with one attached hydrogen (secondary N) is 2. The number of hydrogen-bond acceptors (Lipinski definition) is 5. The largest absolute Gasteiger partial charge is 0.449 e. The van der Waals surface area contributed by atoms with E-state index in [1.165, 1.54) is 0 Å². The topological polar surface area (TPSA) is 93.4 Å². The second-order valence-corrected chi connectivity index (χ2v) is 4.12. The van der Waals surface area contributed by atoms with Gasteiger partial charge in [-0.15, -0.1) is 12.4 Å². The minimum Gasteiger partial charge on any atom is -0.449 e. The number of carbonyl (C=O) groups excluding carboxylic acids is 2. The van der Waals surface area contributed by atoms with E-state index in [2.05, 4.69) is 10.6 Å². The third-order valence-electron chi connectivity index (χ3n) is 3.21.